The highest BCUT2D eigenvalue weighted by Gasteiger charge is 2.18. The van der Waals surface area contributed by atoms with Crippen LogP contribution in [0.2, 0.25) is 0 Å². The zero-order valence-corrected chi connectivity index (χ0v) is 11.6. The molecule has 0 bridgehead atoms. The fourth-order valence-corrected chi connectivity index (χ4v) is 2.81. The smallest absolute Gasteiger partial charge is 0.263 e. The van der Waals surface area contributed by atoms with Crippen LogP contribution in [0.4, 0.5) is 5.69 Å². The summed E-state index contributed by atoms with van der Waals surface area (Å²) in [6.45, 7) is 6.74. The summed E-state index contributed by atoms with van der Waals surface area (Å²) < 4.78 is 0. The first-order valence-corrected chi connectivity index (χ1v) is 6.74. The molecule has 5 heteroatoms. The highest BCUT2D eigenvalue weighted by atomic mass is 32.1. The number of carbonyl (C=O) groups is 1. The molecule has 2 heterocycles. The number of thiophene rings is 1. The van der Waals surface area contributed by atoms with Crippen LogP contribution >= 0.6 is 11.3 Å². The van der Waals surface area contributed by atoms with E-state index >= 15 is 0 Å². The predicted molar refractivity (Wildman–Crippen MR) is 75.9 cm³/mol. The molecular formula is C13H17N3OS. The number of amides is 1. The molecule has 4 nitrogen and oxygen atoms in total. The number of rotatable bonds is 3. The number of carbonyl (C=O) groups excluding carboxylic acids is 1. The van der Waals surface area contributed by atoms with E-state index in [1.807, 2.05) is 13.0 Å². The van der Waals surface area contributed by atoms with Gasteiger partial charge in [-0.15, -0.1) is 11.3 Å². The van der Waals surface area contributed by atoms with E-state index in [0.29, 0.717) is 23.0 Å². The molecule has 0 saturated heterocycles. The molecule has 0 aliphatic carbocycles. The average molecular weight is 263 g/mol. The molecule has 0 atom stereocenters. The Morgan fingerprint density at radius 2 is 2.28 bits per heavy atom. The first-order valence-electron chi connectivity index (χ1n) is 5.92. The summed E-state index contributed by atoms with van der Waals surface area (Å²) in [4.78, 5) is 17.7. The van der Waals surface area contributed by atoms with Gasteiger partial charge in [0.25, 0.3) is 5.91 Å². The monoisotopic (exact) mass is 263 g/mol. The van der Waals surface area contributed by atoms with E-state index in [1.165, 1.54) is 11.3 Å². The van der Waals surface area contributed by atoms with Gasteiger partial charge in [-0.3, -0.25) is 4.79 Å². The third kappa shape index (κ3) is 2.31. The van der Waals surface area contributed by atoms with Crippen LogP contribution in [0.15, 0.2) is 12.3 Å². The zero-order valence-electron chi connectivity index (χ0n) is 10.8. The largest absolute Gasteiger partial charge is 0.397 e. The molecule has 2 aromatic heterocycles. The van der Waals surface area contributed by atoms with Crippen molar-refractivity contribution >= 4 is 33.1 Å². The third-order valence-electron chi connectivity index (χ3n) is 2.71. The molecule has 0 aliphatic heterocycles. The van der Waals surface area contributed by atoms with Crippen molar-refractivity contribution in [2.45, 2.75) is 20.8 Å². The lowest BCUT2D eigenvalue weighted by Gasteiger charge is -2.06. The number of nitrogens with one attached hydrogen (secondary N) is 1. The molecule has 0 fully saturated rings. The van der Waals surface area contributed by atoms with Crippen LogP contribution in [0, 0.1) is 12.8 Å². The van der Waals surface area contributed by atoms with Crippen LogP contribution in [-0.4, -0.2) is 17.4 Å². The summed E-state index contributed by atoms with van der Waals surface area (Å²) in [6.07, 6.45) is 1.74. The van der Waals surface area contributed by atoms with E-state index in [2.05, 4.69) is 24.1 Å². The number of nitrogens with two attached hydrogens (primary N) is 1. The van der Waals surface area contributed by atoms with Gasteiger partial charge in [-0.1, -0.05) is 13.8 Å². The molecule has 0 radical (unpaired) electrons. The number of hydrogen-bond donors (Lipinski definition) is 2. The van der Waals surface area contributed by atoms with Gasteiger partial charge in [0.15, 0.2) is 0 Å². The molecule has 0 unspecified atom stereocenters. The Labute approximate surface area is 110 Å². The lowest BCUT2D eigenvalue weighted by atomic mass is 10.1. The fourth-order valence-electron chi connectivity index (χ4n) is 1.75. The Bertz CT molecular complexity index is 589. The standard InChI is InChI=1S/C13H17N3OS/c1-7(2)6-16-12(17)11-10(14)9-8(3)4-5-15-13(9)18-11/h4-5,7H,6,14H2,1-3H3,(H,16,17). The van der Waals surface area contributed by atoms with E-state index in [-0.39, 0.29) is 5.91 Å². The number of hydrogen-bond acceptors (Lipinski definition) is 4. The lowest BCUT2D eigenvalue weighted by Crippen LogP contribution is -2.27. The highest BCUT2D eigenvalue weighted by molar-refractivity contribution is 7.21. The van der Waals surface area contributed by atoms with Crippen LogP contribution < -0.4 is 11.1 Å². The summed E-state index contributed by atoms with van der Waals surface area (Å²) in [7, 11) is 0. The van der Waals surface area contributed by atoms with Gasteiger partial charge in [0.2, 0.25) is 0 Å². The van der Waals surface area contributed by atoms with Crippen LogP contribution in [0.1, 0.15) is 29.1 Å². The predicted octanol–water partition coefficient (Wildman–Crippen LogP) is 2.57. The van der Waals surface area contributed by atoms with Gasteiger partial charge < -0.3 is 11.1 Å². The van der Waals surface area contributed by atoms with Crippen molar-refractivity contribution in [3.63, 3.8) is 0 Å². The maximum absolute atomic E-state index is 12.0. The molecule has 2 rings (SSSR count). The minimum absolute atomic E-state index is 0.108. The van der Waals surface area contributed by atoms with Crippen molar-refractivity contribution in [3.05, 3.63) is 22.7 Å². The third-order valence-corrected chi connectivity index (χ3v) is 3.83. The first-order chi connectivity index (χ1) is 8.50. The quantitative estimate of drug-likeness (QED) is 0.894. The van der Waals surface area contributed by atoms with Crippen molar-refractivity contribution in [1.29, 1.82) is 0 Å². The van der Waals surface area contributed by atoms with Crippen LogP contribution in [0.5, 0.6) is 0 Å². The van der Waals surface area contributed by atoms with Gasteiger partial charge >= 0.3 is 0 Å². The molecular weight excluding hydrogens is 246 g/mol. The van der Waals surface area contributed by atoms with Crippen molar-refractivity contribution in [2.75, 3.05) is 12.3 Å². The summed E-state index contributed by atoms with van der Waals surface area (Å²) >= 11 is 1.35. The second-order valence-corrected chi connectivity index (χ2v) is 5.76. The van der Waals surface area contributed by atoms with Crippen LogP contribution in [0.3, 0.4) is 0 Å². The Hall–Kier alpha value is -1.62. The molecule has 0 spiro atoms. The van der Waals surface area contributed by atoms with Gasteiger partial charge in [0, 0.05) is 18.1 Å². The minimum Gasteiger partial charge on any atom is -0.397 e. The minimum atomic E-state index is -0.108. The molecule has 0 saturated carbocycles. The number of nitrogen functional groups attached to an aromatic ring is 1. The number of aryl methyl sites for hydroxylation is 1. The van der Waals surface area contributed by atoms with Gasteiger partial charge in [-0.05, 0) is 24.5 Å². The summed E-state index contributed by atoms with van der Waals surface area (Å²) in [5.74, 6) is 0.313. The second-order valence-electron chi connectivity index (χ2n) is 4.76. The Balaban J connectivity index is 2.37. The van der Waals surface area contributed by atoms with Gasteiger partial charge in [0.05, 0.1) is 5.69 Å². The summed E-state index contributed by atoms with van der Waals surface area (Å²) in [5, 5.41) is 3.78. The highest BCUT2D eigenvalue weighted by Crippen LogP contribution is 2.34. The Morgan fingerprint density at radius 3 is 2.89 bits per heavy atom. The number of aromatic nitrogens is 1. The topological polar surface area (TPSA) is 68.0 Å². The van der Waals surface area contributed by atoms with Crippen molar-refractivity contribution in [2.24, 2.45) is 5.92 Å². The van der Waals surface area contributed by atoms with Gasteiger partial charge in [-0.2, -0.15) is 0 Å². The van der Waals surface area contributed by atoms with Crippen molar-refractivity contribution in [1.82, 2.24) is 10.3 Å². The van der Waals surface area contributed by atoms with E-state index in [9.17, 15) is 4.79 Å². The van der Waals surface area contributed by atoms with E-state index in [1.54, 1.807) is 6.20 Å². The maximum Gasteiger partial charge on any atom is 0.263 e. The Kier molecular flexibility index (Phi) is 3.52. The molecule has 96 valence electrons. The number of anilines is 1. The van der Waals surface area contributed by atoms with E-state index in [0.717, 1.165) is 15.8 Å². The summed E-state index contributed by atoms with van der Waals surface area (Å²) in [5.41, 5.74) is 7.65. The number of nitrogens with zero attached hydrogens (tertiary/aromatic N) is 1. The molecule has 18 heavy (non-hydrogen) atoms. The molecule has 1 amide bonds. The normalized spacial score (nSPS) is 11.1. The number of pyridine rings is 1. The molecule has 0 aliphatic rings. The van der Waals surface area contributed by atoms with E-state index < -0.39 is 0 Å². The fraction of sp³-hybridized carbons (Fsp3) is 0.385. The maximum atomic E-state index is 12.0. The zero-order chi connectivity index (χ0) is 13.3. The van der Waals surface area contributed by atoms with E-state index in [4.69, 9.17) is 5.73 Å². The molecule has 0 aromatic carbocycles. The lowest BCUT2D eigenvalue weighted by molar-refractivity contribution is 0.0954. The van der Waals surface area contributed by atoms with Crippen LogP contribution in [-0.2, 0) is 0 Å². The molecule has 3 N–H and O–H groups in total. The first kappa shape index (κ1) is 12.8. The number of fused-ring (bicyclic) bond motifs is 1. The Morgan fingerprint density at radius 1 is 1.56 bits per heavy atom. The SMILES string of the molecule is Cc1ccnc2sc(C(=O)NCC(C)C)c(N)c12. The summed E-state index contributed by atoms with van der Waals surface area (Å²) in [6, 6.07) is 1.90. The van der Waals surface area contributed by atoms with Crippen LogP contribution in [0.25, 0.3) is 10.2 Å². The second kappa shape index (κ2) is 4.94. The van der Waals surface area contributed by atoms with Crippen molar-refractivity contribution < 1.29 is 4.79 Å². The van der Waals surface area contributed by atoms with Gasteiger partial charge in [-0.25, -0.2) is 4.98 Å². The van der Waals surface area contributed by atoms with Gasteiger partial charge in [0.1, 0.15) is 9.71 Å². The average Bonchev–Trinajstić information content (AvgIpc) is 2.65. The molecule has 2 aromatic rings. The van der Waals surface area contributed by atoms with Crippen molar-refractivity contribution in [3.8, 4) is 0 Å².